The third-order valence-corrected chi connectivity index (χ3v) is 4.11. The SMILES string of the molecule is CCOC(=O)CN(C)C1CCN(Cc2ccccc2)CC1. The first-order chi connectivity index (χ1) is 10.2. The third kappa shape index (κ3) is 5.14. The summed E-state index contributed by atoms with van der Waals surface area (Å²) in [5, 5.41) is 0. The lowest BCUT2D eigenvalue weighted by Gasteiger charge is -2.36. The number of hydrogen-bond donors (Lipinski definition) is 0. The molecule has 0 aromatic heterocycles. The number of likely N-dealkylation sites (tertiary alicyclic amines) is 1. The van der Waals surface area contributed by atoms with Crippen LogP contribution in [-0.4, -0.2) is 55.1 Å². The number of piperidine rings is 1. The van der Waals surface area contributed by atoms with Crippen LogP contribution in [0.3, 0.4) is 0 Å². The molecule has 1 aromatic carbocycles. The molecule has 0 unspecified atom stereocenters. The van der Waals surface area contributed by atoms with Gasteiger partial charge in [0.1, 0.15) is 0 Å². The molecule has 4 nitrogen and oxygen atoms in total. The summed E-state index contributed by atoms with van der Waals surface area (Å²) in [6, 6.07) is 11.1. The van der Waals surface area contributed by atoms with Crippen molar-refractivity contribution in [3.63, 3.8) is 0 Å². The van der Waals surface area contributed by atoms with Gasteiger partial charge in [-0.05, 0) is 45.5 Å². The van der Waals surface area contributed by atoms with Gasteiger partial charge in [-0.15, -0.1) is 0 Å². The summed E-state index contributed by atoms with van der Waals surface area (Å²) >= 11 is 0. The largest absolute Gasteiger partial charge is 0.465 e. The second-order valence-electron chi connectivity index (χ2n) is 5.71. The Morgan fingerprint density at radius 2 is 1.95 bits per heavy atom. The molecular weight excluding hydrogens is 264 g/mol. The lowest BCUT2D eigenvalue weighted by molar-refractivity contribution is -0.144. The average molecular weight is 290 g/mol. The highest BCUT2D eigenvalue weighted by atomic mass is 16.5. The molecule has 0 radical (unpaired) electrons. The van der Waals surface area contributed by atoms with E-state index in [-0.39, 0.29) is 5.97 Å². The molecular formula is C17H26N2O2. The minimum Gasteiger partial charge on any atom is -0.465 e. The van der Waals surface area contributed by atoms with E-state index in [1.807, 2.05) is 14.0 Å². The van der Waals surface area contributed by atoms with E-state index in [4.69, 9.17) is 4.74 Å². The Kier molecular flexibility index (Phi) is 6.21. The summed E-state index contributed by atoms with van der Waals surface area (Å²) in [6.07, 6.45) is 2.23. The maximum Gasteiger partial charge on any atom is 0.320 e. The van der Waals surface area contributed by atoms with Crippen LogP contribution < -0.4 is 0 Å². The lowest BCUT2D eigenvalue weighted by Crippen LogP contribution is -2.44. The minimum absolute atomic E-state index is 0.119. The van der Waals surface area contributed by atoms with Gasteiger partial charge in [-0.2, -0.15) is 0 Å². The van der Waals surface area contributed by atoms with Crippen molar-refractivity contribution < 1.29 is 9.53 Å². The molecule has 1 fully saturated rings. The summed E-state index contributed by atoms with van der Waals surface area (Å²) in [6.45, 7) is 5.91. The first-order valence-corrected chi connectivity index (χ1v) is 7.81. The van der Waals surface area contributed by atoms with Crippen LogP contribution in [0.5, 0.6) is 0 Å². The maximum atomic E-state index is 11.5. The standard InChI is InChI=1S/C17H26N2O2/c1-3-21-17(20)14-18(2)16-9-11-19(12-10-16)13-15-7-5-4-6-8-15/h4-8,16H,3,9-14H2,1-2H3. The lowest BCUT2D eigenvalue weighted by atomic mass is 10.0. The Morgan fingerprint density at radius 1 is 1.29 bits per heavy atom. The van der Waals surface area contributed by atoms with Crippen LogP contribution in [0.15, 0.2) is 30.3 Å². The van der Waals surface area contributed by atoms with Crippen molar-refractivity contribution in [2.75, 3.05) is 33.3 Å². The van der Waals surface area contributed by atoms with Crippen LogP contribution in [0.2, 0.25) is 0 Å². The van der Waals surface area contributed by atoms with Crippen molar-refractivity contribution in [3.8, 4) is 0 Å². The van der Waals surface area contributed by atoms with Crippen molar-refractivity contribution in [3.05, 3.63) is 35.9 Å². The second kappa shape index (κ2) is 8.15. The molecule has 1 aromatic rings. The van der Waals surface area contributed by atoms with Crippen molar-refractivity contribution in [2.45, 2.75) is 32.4 Å². The number of carbonyl (C=O) groups excluding carboxylic acids is 1. The van der Waals surface area contributed by atoms with E-state index in [9.17, 15) is 4.79 Å². The van der Waals surface area contributed by atoms with Gasteiger partial charge in [-0.1, -0.05) is 30.3 Å². The summed E-state index contributed by atoms with van der Waals surface area (Å²) in [7, 11) is 2.02. The normalized spacial score (nSPS) is 17.1. The second-order valence-corrected chi connectivity index (χ2v) is 5.71. The molecule has 1 aliphatic rings. The van der Waals surface area contributed by atoms with E-state index in [2.05, 4.69) is 40.1 Å². The first kappa shape index (κ1) is 16.0. The fraction of sp³-hybridized carbons (Fsp3) is 0.588. The van der Waals surface area contributed by atoms with Crippen LogP contribution in [0.25, 0.3) is 0 Å². The van der Waals surface area contributed by atoms with Crippen LogP contribution in [0, 0.1) is 0 Å². The highest BCUT2D eigenvalue weighted by molar-refractivity contribution is 5.71. The molecule has 0 atom stereocenters. The quantitative estimate of drug-likeness (QED) is 0.752. The zero-order valence-electron chi connectivity index (χ0n) is 13.1. The Labute approximate surface area is 127 Å². The molecule has 21 heavy (non-hydrogen) atoms. The number of hydrogen-bond acceptors (Lipinski definition) is 4. The number of rotatable bonds is 6. The average Bonchev–Trinajstić information content (AvgIpc) is 2.49. The van der Waals surface area contributed by atoms with Crippen LogP contribution >= 0.6 is 0 Å². The van der Waals surface area contributed by atoms with Gasteiger partial charge in [0.2, 0.25) is 0 Å². The van der Waals surface area contributed by atoms with E-state index in [0.29, 0.717) is 19.2 Å². The van der Waals surface area contributed by atoms with Crippen LogP contribution in [0.1, 0.15) is 25.3 Å². The van der Waals surface area contributed by atoms with Gasteiger partial charge in [-0.25, -0.2) is 0 Å². The van der Waals surface area contributed by atoms with Crippen LogP contribution in [-0.2, 0) is 16.1 Å². The number of ether oxygens (including phenoxy) is 1. The third-order valence-electron chi connectivity index (χ3n) is 4.11. The Hall–Kier alpha value is -1.39. The van der Waals surface area contributed by atoms with Crippen molar-refractivity contribution in [1.82, 2.24) is 9.80 Å². The molecule has 0 aliphatic carbocycles. The minimum atomic E-state index is -0.119. The van der Waals surface area contributed by atoms with Crippen LogP contribution in [0.4, 0.5) is 0 Å². The van der Waals surface area contributed by atoms with E-state index in [0.717, 1.165) is 32.5 Å². The molecule has 1 saturated heterocycles. The highest BCUT2D eigenvalue weighted by Crippen LogP contribution is 2.17. The molecule has 0 N–H and O–H groups in total. The number of nitrogens with zero attached hydrogens (tertiary/aromatic N) is 2. The molecule has 0 saturated carbocycles. The topological polar surface area (TPSA) is 32.8 Å². The van der Waals surface area contributed by atoms with Crippen molar-refractivity contribution in [2.24, 2.45) is 0 Å². The zero-order chi connectivity index (χ0) is 15.1. The fourth-order valence-electron chi connectivity index (χ4n) is 2.90. The Bertz CT molecular complexity index is 428. The maximum absolute atomic E-state index is 11.5. The van der Waals surface area contributed by atoms with E-state index < -0.39 is 0 Å². The van der Waals surface area contributed by atoms with Gasteiger partial charge in [0, 0.05) is 12.6 Å². The summed E-state index contributed by atoms with van der Waals surface area (Å²) < 4.78 is 5.01. The fourth-order valence-corrected chi connectivity index (χ4v) is 2.90. The molecule has 4 heteroatoms. The van der Waals surface area contributed by atoms with Gasteiger partial charge >= 0.3 is 5.97 Å². The zero-order valence-corrected chi connectivity index (χ0v) is 13.1. The Balaban J connectivity index is 1.74. The van der Waals surface area contributed by atoms with Gasteiger partial charge < -0.3 is 4.74 Å². The first-order valence-electron chi connectivity index (χ1n) is 7.81. The van der Waals surface area contributed by atoms with E-state index in [1.165, 1.54) is 5.56 Å². The number of carbonyl (C=O) groups is 1. The number of likely N-dealkylation sites (N-methyl/N-ethyl adjacent to an activating group) is 1. The van der Waals surface area contributed by atoms with Crippen molar-refractivity contribution in [1.29, 1.82) is 0 Å². The number of esters is 1. The van der Waals surface area contributed by atoms with Gasteiger partial charge in [0.05, 0.1) is 13.2 Å². The smallest absolute Gasteiger partial charge is 0.320 e. The highest BCUT2D eigenvalue weighted by Gasteiger charge is 2.23. The summed E-state index contributed by atoms with van der Waals surface area (Å²) in [4.78, 5) is 16.2. The molecule has 1 aliphatic heterocycles. The molecule has 0 bridgehead atoms. The van der Waals surface area contributed by atoms with Crippen molar-refractivity contribution >= 4 is 5.97 Å². The predicted octanol–water partition coefficient (Wildman–Crippen LogP) is 2.15. The monoisotopic (exact) mass is 290 g/mol. The molecule has 0 spiro atoms. The summed E-state index contributed by atoms with van der Waals surface area (Å²) in [5.74, 6) is -0.119. The van der Waals surface area contributed by atoms with E-state index in [1.54, 1.807) is 0 Å². The number of benzene rings is 1. The molecule has 116 valence electrons. The molecule has 0 amide bonds. The molecule has 2 rings (SSSR count). The predicted molar refractivity (Wildman–Crippen MR) is 84.0 cm³/mol. The molecule has 1 heterocycles. The van der Waals surface area contributed by atoms with Gasteiger partial charge in [0.15, 0.2) is 0 Å². The van der Waals surface area contributed by atoms with Gasteiger partial charge in [0.25, 0.3) is 0 Å². The Morgan fingerprint density at radius 3 is 2.57 bits per heavy atom. The summed E-state index contributed by atoms with van der Waals surface area (Å²) in [5.41, 5.74) is 1.37. The van der Waals surface area contributed by atoms with Gasteiger partial charge in [-0.3, -0.25) is 14.6 Å². The van der Waals surface area contributed by atoms with E-state index >= 15 is 0 Å².